The monoisotopic (exact) mass is 416 g/mol. The van der Waals surface area contributed by atoms with Gasteiger partial charge in [0.15, 0.2) is 6.61 Å². The summed E-state index contributed by atoms with van der Waals surface area (Å²) in [5.74, 6) is 0.153. The van der Waals surface area contributed by atoms with Crippen LogP contribution >= 0.6 is 39.1 Å². The summed E-state index contributed by atoms with van der Waals surface area (Å²) in [7, 11) is 0. The predicted molar refractivity (Wildman–Crippen MR) is 94.1 cm³/mol. The topological polar surface area (TPSA) is 70.9 Å². The van der Waals surface area contributed by atoms with Crippen LogP contribution in [0.3, 0.4) is 0 Å². The van der Waals surface area contributed by atoms with Gasteiger partial charge in [-0.3, -0.25) is 4.79 Å². The molecule has 0 aliphatic heterocycles. The highest BCUT2D eigenvalue weighted by Crippen LogP contribution is 2.26. The van der Waals surface area contributed by atoms with Crippen molar-refractivity contribution in [2.75, 3.05) is 11.9 Å². The molecule has 0 heterocycles. The number of carbonyl (C=O) groups excluding carboxylic acids is 1. The molecule has 0 saturated heterocycles. The number of rotatable bonds is 5. The molecule has 0 aliphatic rings. The van der Waals surface area contributed by atoms with Gasteiger partial charge >= 0.3 is 0 Å². The average molecular weight is 418 g/mol. The maximum atomic E-state index is 11.9. The van der Waals surface area contributed by atoms with Crippen LogP contribution in [0.25, 0.3) is 0 Å². The summed E-state index contributed by atoms with van der Waals surface area (Å²) in [4.78, 5) is 11.9. The smallest absolute Gasteiger partial charge is 0.262 e. The van der Waals surface area contributed by atoms with E-state index in [0.29, 0.717) is 31.5 Å². The number of hydrogen-bond donors (Lipinski definition) is 2. The summed E-state index contributed by atoms with van der Waals surface area (Å²) in [5.41, 5.74) is 1.22. The van der Waals surface area contributed by atoms with Gasteiger partial charge in [-0.05, 0) is 57.9 Å². The van der Waals surface area contributed by atoms with Crippen molar-refractivity contribution in [1.29, 1.82) is 0 Å². The van der Waals surface area contributed by atoms with Crippen molar-refractivity contribution in [3.63, 3.8) is 0 Å². The number of oxime groups is 1. The SMILES string of the molecule is O=C(COc1ccc(/C=N/O)cc1Br)Nc1ccc(Cl)c(Cl)c1. The average Bonchev–Trinajstić information content (AvgIpc) is 2.50. The van der Waals surface area contributed by atoms with Gasteiger partial charge < -0.3 is 15.3 Å². The first kappa shape index (κ1) is 17.6. The van der Waals surface area contributed by atoms with Crippen molar-refractivity contribution in [3.8, 4) is 5.75 Å². The van der Waals surface area contributed by atoms with Crippen LogP contribution in [-0.2, 0) is 4.79 Å². The van der Waals surface area contributed by atoms with Gasteiger partial charge in [0.2, 0.25) is 0 Å². The van der Waals surface area contributed by atoms with Gasteiger partial charge in [0.1, 0.15) is 5.75 Å². The van der Waals surface area contributed by atoms with Crippen molar-refractivity contribution in [1.82, 2.24) is 0 Å². The quantitative estimate of drug-likeness (QED) is 0.424. The fourth-order valence-electron chi connectivity index (χ4n) is 1.70. The predicted octanol–water partition coefficient (Wildman–Crippen LogP) is 4.58. The summed E-state index contributed by atoms with van der Waals surface area (Å²) in [6.45, 7) is -0.174. The number of nitrogens with zero attached hydrogens (tertiary/aromatic N) is 1. The molecule has 23 heavy (non-hydrogen) atoms. The number of hydrogen-bond acceptors (Lipinski definition) is 4. The molecule has 0 radical (unpaired) electrons. The summed E-state index contributed by atoms with van der Waals surface area (Å²) in [5, 5.41) is 14.8. The Hall–Kier alpha value is -1.76. The zero-order chi connectivity index (χ0) is 16.8. The first-order valence-electron chi connectivity index (χ1n) is 6.34. The molecule has 0 bridgehead atoms. The highest BCUT2D eigenvalue weighted by Gasteiger charge is 2.08. The molecule has 0 unspecified atom stereocenters. The molecule has 2 rings (SSSR count). The summed E-state index contributed by atoms with van der Waals surface area (Å²) in [6.07, 6.45) is 1.28. The van der Waals surface area contributed by atoms with E-state index in [1.807, 2.05) is 0 Å². The first-order valence-corrected chi connectivity index (χ1v) is 7.89. The van der Waals surface area contributed by atoms with Crippen molar-refractivity contribution in [3.05, 3.63) is 56.5 Å². The van der Waals surface area contributed by atoms with E-state index in [-0.39, 0.29) is 12.5 Å². The Labute approximate surface area is 151 Å². The van der Waals surface area contributed by atoms with Crippen molar-refractivity contribution in [2.24, 2.45) is 5.16 Å². The van der Waals surface area contributed by atoms with Crippen LogP contribution in [0, 0.1) is 0 Å². The van der Waals surface area contributed by atoms with Gasteiger partial charge in [0, 0.05) is 5.69 Å². The van der Waals surface area contributed by atoms with Crippen LogP contribution in [0.4, 0.5) is 5.69 Å². The molecule has 8 heteroatoms. The zero-order valence-corrected chi connectivity index (χ0v) is 14.7. The minimum atomic E-state index is -0.337. The number of amides is 1. The van der Waals surface area contributed by atoms with Crippen LogP contribution in [0.2, 0.25) is 10.0 Å². The molecule has 5 nitrogen and oxygen atoms in total. The zero-order valence-electron chi connectivity index (χ0n) is 11.6. The number of carbonyl (C=O) groups is 1. The third-order valence-electron chi connectivity index (χ3n) is 2.72. The van der Waals surface area contributed by atoms with E-state index in [9.17, 15) is 4.79 Å². The lowest BCUT2D eigenvalue weighted by Gasteiger charge is -2.10. The van der Waals surface area contributed by atoms with E-state index in [0.717, 1.165) is 0 Å². The molecule has 0 saturated carbocycles. The van der Waals surface area contributed by atoms with Gasteiger partial charge in [0.05, 0.1) is 20.7 Å². The normalized spacial score (nSPS) is 10.7. The Kier molecular flexibility index (Phi) is 6.27. The summed E-state index contributed by atoms with van der Waals surface area (Å²) < 4.78 is 6.07. The molecule has 0 atom stereocenters. The molecule has 0 spiro atoms. The molecule has 120 valence electrons. The summed E-state index contributed by atoms with van der Waals surface area (Å²) >= 11 is 15.0. The van der Waals surface area contributed by atoms with Crippen molar-refractivity contribution >= 4 is 56.9 Å². The van der Waals surface area contributed by atoms with Crippen LogP contribution in [-0.4, -0.2) is 23.9 Å². The molecule has 2 aromatic rings. The lowest BCUT2D eigenvalue weighted by Crippen LogP contribution is -2.20. The van der Waals surface area contributed by atoms with Crippen LogP contribution in [0.5, 0.6) is 5.75 Å². The number of halogens is 3. The summed E-state index contributed by atoms with van der Waals surface area (Å²) in [6, 6.07) is 9.85. The number of anilines is 1. The molecule has 2 aromatic carbocycles. The fourth-order valence-corrected chi connectivity index (χ4v) is 2.50. The van der Waals surface area contributed by atoms with Gasteiger partial charge in [0.25, 0.3) is 5.91 Å². The largest absolute Gasteiger partial charge is 0.483 e. The van der Waals surface area contributed by atoms with E-state index in [2.05, 4.69) is 26.4 Å². The Morgan fingerprint density at radius 1 is 1.26 bits per heavy atom. The minimum Gasteiger partial charge on any atom is -0.483 e. The minimum absolute atomic E-state index is 0.174. The molecule has 0 aliphatic carbocycles. The number of benzene rings is 2. The molecule has 0 aromatic heterocycles. The van der Waals surface area contributed by atoms with E-state index >= 15 is 0 Å². The molecular weight excluding hydrogens is 407 g/mol. The Morgan fingerprint density at radius 3 is 2.70 bits per heavy atom. The molecule has 0 fully saturated rings. The highest BCUT2D eigenvalue weighted by molar-refractivity contribution is 9.10. The van der Waals surface area contributed by atoms with Crippen molar-refractivity contribution < 1.29 is 14.7 Å². The van der Waals surface area contributed by atoms with E-state index in [1.165, 1.54) is 6.21 Å². The maximum absolute atomic E-state index is 11.9. The van der Waals surface area contributed by atoms with Gasteiger partial charge in [-0.1, -0.05) is 28.4 Å². The molecule has 2 N–H and O–H groups in total. The second kappa shape index (κ2) is 8.19. The number of nitrogens with one attached hydrogen (secondary N) is 1. The van der Waals surface area contributed by atoms with Gasteiger partial charge in [-0.15, -0.1) is 0 Å². The molecule has 1 amide bonds. The van der Waals surface area contributed by atoms with Crippen LogP contribution < -0.4 is 10.1 Å². The Balaban J connectivity index is 1.95. The van der Waals surface area contributed by atoms with Crippen LogP contribution in [0.1, 0.15) is 5.56 Å². The van der Waals surface area contributed by atoms with Gasteiger partial charge in [-0.2, -0.15) is 0 Å². The van der Waals surface area contributed by atoms with E-state index < -0.39 is 0 Å². The van der Waals surface area contributed by atoms with Crippen molar-refractivity contribution in [2.45, 2.75) is 0 Å². The second-order valence-corrected chi connectivity index (χ2v) is 6.07. The fraction of sp³-hybridized carbons (Fsp3) is 0.0667. The standard InChI is InChI=1S/C15H11BrCl2N2O3/c16-11-5-9(7-19-22)1-4-14(11)23-8-15(21)20-10-2-3-12(17)13(18)6-10/h1-7,22H,8H2,(H,20,21)/b19-7+. The first-order chi connectivity index (χ1) is 11.0. The highest BCUT2D eigenvalue weighted by atomic mass is 79.9. The second-order valence-electron chi connectivity index (χ2n) is 4.40. The molecular formula is C15H11BrCl2N2O3. The van der Waals surface area contributed by atoms with Crippen LogP contribution in [0.15, 0.2) is 46.0 Å². The third-order valence-corrected chi connectivity index (χ3v) is 4.08. The maximum Gasteiger partial charge on any atom is 0.262 e. The Morgan fingerprint density at radius 2 is 2.04 bits per heavy atom. The van der Waals surface area contributed by atoms with Gasteiger partial charge in [-0.25, -0.2) is 0 Å². The van der Waals surface area contributed by atoms with E-state index in [4.69, 9.17) is 33.1 Å². The lowest BCUT2D eigenvalue weighted by atomic mass is 10.2. The third kappa shape index (κ3) is 5.13. The number of ether oxygens (including phenoxy) is 1. The van der Waals surface area contributed by atoms with E-state index in [1.54, 1.807) is 36.4 Å². The lowest BCUT2D eigenvalue weighted by molar-refractivity contribution is -0.118. The Bertz CT molecular complexity index is 753.